The number of primary amides is 1. The van der Waals surface area contributed by atoms with Crippen molar-refractivity contribution < 1.29 is 22.4 Å². The Kier molecular flexibility index (Phi) is 9.65. The van der Waals surface area contributed by atoms with E-state index in [-0.39, 0.29) is 23.3 Å². The average molecular weight is 697 g/mol. The van der Waals surface area contributed by atoms with Gasteiger partial charge in [-0.05, 0) is 71.6 Å². The van der Waals surface area contributed by atoms with Crippen molar-refractivity contribution in [2.45, 2.75) is 35.9 Å². The summed E-state index contributed by atoms with van der Waals surface area (Å²) >= 11 is 9.86. The molecule has 11 heteroatoms. The van der Waals surface area contributed by atoms with Gasteiger partial charge in [-0.3, -0.25) is 9.59 Å². The normalized spacial score (nSPS) is 17.8. The molecule has 0 unspecified atom stereocenters. The Bertz CT molecular complexity index is 1820. The van der Waals surface area contributed by atoms with Gasteiger partial charge in [0.2, 0.25) is 21.8 Å². The van der Waals surface area contributed by atoms with Crippen LogP contribution in [0.15, 0.2) is 124 Å². The van der Waals surface area contributed by atoms with Crippen molar-refractivity contribution in [1.29, 1.82) is 0 Å². The summed E-state index contributed by atoms with van der Waals surface area (Å²) in [4.78, 5) is 26.3. The zero-order valence-electron chi connectivity index (χ0n) is 23.2. The van der Waals surface area contributed by atoms with E-state index in [4.69, 9.17) is 17.3 Å². The predicted octanol–water partition coefficient (Wildman–Crippen LogP) is 6.26. The lowest BCUT2D eigenvalue weighted by Gasteiger charge is -2.41. The third-order valence-electron chi connectivity index (χ3n) is 7.40. The highest BCUT2D eigenvalue weighted by atomic mass is 79.9. The summed E-state index contributed by atoms with van der Waals surface area (Å²) in [6.07, 6.45) is 1.97. The monoisotopic (exact) mass is 695 g/mol. The van der Waals surface area contributed by atoms with Crippen molar-refractivity contribution in [2.24, 2.45) is 5.73 Å². The van der Waals surface area contributed by atoms with E-state index in [0.717, 1.165) is 22.2 Å². The number of rotatable bonds is 9. The number of sulfonamides is 1. The van der Waals surface area contributed by atoms with Crippen LogP contribution in [0, 0.1) is 5.82 Å². The van der Waals surface area contributed by atoms with Gasteiger partial charge in [-0.15, -0.1) is 0 Å². The third-order valence-corrected chi connectivity index (χ3v) is 10.0. The third kappa shape index (κ3) is 6.94. The summed E-state index contributed by atoms with van der Waals surface area (Å²) in [7, 11) is -4.36. The Hall–Kier alpha value is -3.83. The second kappa shape index (κ2) is 13.4. The average Bonchev–Trinajstić information content (AvgIpc) is 3.00. The Morgan fingerprint density at radius 1 is 0.955 bits per heavy atom. The number of halogens is 3. The molecule has 1 aliphatic rings. The molecule has 0 saturated heterocycles. The van der Waals surface area contributed by atoms with E-state index in [1.807, 2.05) is 42.5 Å². The Balaban J connectivity index is 1.65. The van der Waals surface area contributed by atoms with Gasteiger partial charge in [0, 0.05) is 21.5 Å². The zero-order valence-corrected chi connectivity index (χ0v) is 26.4. The van der Waals surface area contributed by atoms with E-state index in [0.29, 0.717) is 16.1 Å². The van der Waals surface area contributed by atoms with E-state index in [9.17, 15) is 22.4 Å². The summed E-state index contributed by atoms with van der Waals surface area (Å²) in [5.41, 5.74) is 7.69. The molecule has 0 aromatic heterocycles. The quantitative estimate of drug-likeness (QED) is 0.215. The molecule has 4 aromatic carbocycles. The SMILES string of the molecule is NC(=O)[C@H](Cc1ccccc1)NC(=O)C1=CC[C@@H](c2cccc(Br)c2)N(S(=O)(=O)c2ccc(F)cc2)[C@H]1c1cccc(Cl)c1. The molecule has 7 nitrogen and oxygen atoms in total. The minimum absolute atomic E-state index is 0.100. The van der Waals surface area contributed by atoms with Crippen molar-refractivity contribution in [1.82, 2.24) is 9.62 Å². The van der Waals surface area contributed by atoms with Crippen LogP contribution in [0.2, 0.25) is 5.02 Å². The van der Waals surface area contributed by atoms with Crippen molar-refractivity contribution in [3.8, 4) is 0 Å². The molecule has 4 aromatic rings. The molecule has 0 radical (unpaired) electrons. The van der Waals surface area contributed by atoms with Crippen LogP contribution in [-0.4, -0.2) is 30.6 Å². The summed E-state index contributed by atoms with van der Waals surface area (Å²) in [6.45, 7) is 0. The number of carbonyl (C=O) groups excluding carboxylic acids is 2. The van der Waals surface area contributed by atoms with Gasteiger partial charge in [-0.2, -0.15) is 4.31 Å². The Labute approximate surface area is 268 Å². The van der Waals surface area contributed by atoms with E-state index < -0.39 is 45.8 Å². The van der Waals surface area contributed by atoms with Crippen LogP contribution < -0.4 is 11.1 Å². The number of amides is 2. The molecule has 0 spiro atoms. The molecule has 44 heavy (non-hydrogen) atoms. The first-order chi connectivity index (χ1) is 21.0. The lowest BCUT2D eigenvalue weighted by molar-refractivity contribution is -0.125. The van der Waals surface area contributed by atoms with Crippen molar-refractivity contribution in [3.63, 3.8) is 0 Å². The van der Waals surface area contributed by atoms with Crippen LogP contribution in [0.25, 0.3) is 0 Å². The first-order valence-electron chi connectivity index (χ1n) is 13.7. The van der Waals surface area contributed by atoms with Crippen molar-refractivity contribution in [3.05, 3.63) is 147 Å². The Morgan fingerprint density at radius 2 is 1.64 bits per heavy atom. The van der Waals surface area contributed by atoms with Gasteiger partial charge in [0.15, 0.2) is 0 Å². The maximum Gasteiger partial charge on any atom is 0.249 e. The highest BCUT2D eigenvalue weighted by Gasteiger charge is 2.45. The standard InChI is InChI=1S/C33H28BrClFN3O4S/c34-24-10-4-8-22(19-24)30-17-16-28(33(41)38-29(32(37)40)18-21-6-2-1-3-7-21)31(23-9-5-11-25(35)20-23)39(30)44(42,43)27-14-12-26(36)13-15-27/h1-16,19-20,29-31H,17-18H2,(H2,37,40)(H,38,41)/t29-,30-,31-/m0/s1. The smallest absolute Gasteiger partial charge is 0.249 e. The maximum atomic E-state index is 14.5. The van der Waals surface area contributed by atoms with Crippen LogP contribution in [0.1, 0.15) is 35.2 Å². The van der Waals surface area contributed by atoms with E-state index >= 15 is 0 Å². The summed E-state index contributed by atoms with van der Waals surface area (Å²) in [5.74, 6) is -1.98. The maximum absolute atomic E-state index is 14.5. The first kappa shape index (κ1) is 31.6. The van der Waals surface area contributed by atoms with Gasteiger partial charge in [-0.25, -0.2) is 12.8 Å². The van der Waals surface area contributed by atoms with Crippen LogP contribution >= 0.6 is 27.5 Å². The molecule has 0 bridgehead atoms. The van der Waals surface area contributed by atoms with Crippen molar-refractivity contribution >= 4 is 49.4 Å². The Morgan fingerprint density at radius 3 is 2.30 bits per heavy atom. The van der Waals surface area contributed by atoms with Gasteiger partial charge in [0.1, 0.15) is 11.9 Å². The molecule has 1 heterocycles. The lowest BCUT2D eigenvalue weighted by Crippen LogP contribution is -2.49. The molecule has 0 aliphatic carbocycles. The van der Waals surface area contributed by atoms with Gasteiger partial charge in [0.05, 0.1) is 17.0 Å². The molecule has 3 N–H and O–H groups in total. The number of hydrogen-bond acceptors (Lipinski definition) is 4. The van der Waals surface area contributed by atoms with Crippen LogP contribution in [0.5, 0.6) is 0 Å². The molecule has 0 fully saturated rings. The van der Waals surface area contributed by atoms with Crippen molar-refractivity contribution in [2.75, 3.05) is 0 Å². The lowest BCUT2D eigenvalue weighted by atomic mass is 9.88. The van der Waals surface area contributed by atoms with Crippen LogP contribution in [0.3, 0.4) is 0 Å². The van der Waals surface area contributed by atoms with Gasteiger partial charge < -0.3 is 11.1 Å². The second-order valence-corrected chi connectivity index (χ2v) is 13.5. The van der Waals surface area contributed by atoms with Gasteiger partial charge in [-0.1, -0.05) is 88.2 Å². The molecule has 2 amide bonds. The molecular formula is C33H28BrClFN3O4S. The van der Waals surface area contributed by atoms with Crippen LogP contribution in [-0.2, 0) is 26.0 Å². The highest BCUT2D eigenvalue weighted by molar-refractivity contribution is 9.10. The van der Waals surface area contributed by atoms with Gasteiger partial charge in [0.25, 0.3) is 0 Å². The number of nitrogens with two attached hydrogens (primary N) is 1. The molecule has 3 atom stereocenters. The number of nitrogens with zero attached hydrogens (tertiary/aromatic N) is 1. The van der Waals surface area contributed by atoms with E-state index in [1.54, 1.807) is 42.5 Å². The predicted molar refractivity (Wildman–Crippen MR) is 170 cm³/mol. The first-order valence-corrected chi connectivity index (χ1v) is 16.3. The summed E-state index contributed by atoms with van der Waals surface area (Å²) < 4.78 is 44.9. The fraction of sp³-hybridized carbons (Fsp3) is 0.152. The molecule has 226 valence electrons. The molecule has 1 aliphatic heterocycles. The van der Waals surface area contributed by atoms with Gasteiger partial charge >= 0.3 is 0 Å². The largest absolute Gasteiger partial charge is 0.368 e. The number of carbonyl (C=O) groups is 2. The minimum Gasteiger partial charge on any atom is -0.368 e. The van der Waals surface area contributed by atoms with Crippen LogP contribution in [0.4, 0.5) is 4.39 Å². The number of benzene rings is 4. The molecule has 5 rings (SSSR count). The fourth-order valence-electron chi connectivity index (χ4n) is 5.34. The number of hydrogen-bond donors (Lipinski definition) is 2. The van der Waals surface area contributed by atoms with E-state index in [1.165, 1.54) is 16.4 Å². The minimum atomic E-state index is -4.36. The fourth-order valence-corrected chi connectivity index (χ4v) is 7.73. The second-order valence-electron chi connectivity index (χ2n) is 10.3. The molecule has 0 saturated carbocycles. The molecular weight excluding hydrogens is 669 g/mol. The summed E-state index contributed by atoms with van der Waals surface area (Å²) in [6, 6.07) is 24.5. The summed E-state index contributed by atoms with van der Waals surface area (Å²) in [5, 5.41) is 3.08. The topological polar surface area (TPSA) is 110 Å². The number of nitrogens with one attached hydrogen (secondary N) is 1. The highest BCUT2D eigenvalue weighted by Crippen LogP contribution is 2.46. The zero-order chi connectivity index (χ0) is 31.4. The van der Waals surface area contributed by atoms with E-state index in [2.05, 4.69) is 21.2 Å².